The molecule has 1 aliphatic heterocycles. The maximum Gasteiger partial charge on any atom is 0.415 e. The van der Waals surface area contributed by atoms with Crippen molar-refractivity contribution in [2.45, 2.75) is 12.5 Å². The van der Waals surface area contributed by atoms with Crippen LogP contribution in [0.2, 0.25) is 0 Å². The van der Waals surface area contributed by atoms with E-state index in [1.807, 2.05) is 6.07 Å². The lowest BCUT2D eigenvalue weighted by molar-refractivity contribution is 0.111. The third kappa shape index (κ3) is 2.55. The topological polar surface area (TPSA) is 71.8 Å². The molecule has 0 spiro atoms. The van der Waals surface area contributed by atoms with E-state index >= 15 is 0 Å². The second-order valence-corrected chi connectivity index (χ2v) is 3.98. The first-order chi connectivity index (χ1) is 9.19. The van der Waals surface area contributed by atoms with Crippen molar-refractivity contribution in [3.05, 3.63) is 18.2 Å². The monoisotopic (exact) mass is 262 g/mol. The van der Waals surface area contributed by atoms with E-state index in [0.717, 1.165) is 0 Å². The minimum atomic E-state index is -0.663. The Bertz CT molecular complexity index is 524. The number of ether oxygens (including phenoxy) is 3. The summed E-state index contributed by atoms with van der Waals surface area (Å²) >= 11 is 0. The number of methoxy groups -OCH3 is 2. The van der Waals surface area contributed by atoms with Crippen molar-refractivity contribution in [3.63, 3.8) is 0 Å². The molecule has 1 saturated heterocycles. The van der Waals surface area contributed by atoms with E-state index in [4.69, 9.17) is 19.5 Å². The molecule has 6 nitrogen and oxygen atoms in total. The van der Waals surface area contributed by atoms with E-state index in [9.17, 15) is 4.79 Å². The van der Waals surface area contributed by atoms with Crippen LogP contribution in [0.4, 0.5) is 10.5 Å². The smallest absolute Gasteiger partial charge is 0.415 e. The summed E-state index contributed by atoms with van der Waals surface area (Å²) in [4.78, 5) is 13.3. The Balaban J connectivity index is 2.23. The number of rotatable bonds is 3. The van der Waals surface area contributed by atoms with Crippen LogP contribution in [0, 0.1) is 11.3 Å². The standard InChI is InChI=1S/C13H14N2O4/c1-17-11-4-3-9(7-12(11)18-2)15-6-5-10(8-14)19-13(15)16/h3-4,7,10H,5-6H2,1-2H3. The maximum absolute atomic E-state index is 11.8. The van der Waals surface area contributed by atoms with Gasteiger partial charge in [0, 0.05) is 19.0 Å². The lowest BCUT2D eigenvalue weighted by Crippen LogP contribution is -2.41. The summed E-state index contributed by atoms with van der Waals surface area (Å²) in [5, 5.41) is 8.73. The van der Waals surface area contributed by atoms with Gasteiger partial charge in [0.15, 0.2) is 17.6 Å². The number of carbonyl (C=O) groups is 1. The molecule has 1 atom stereocenters. The van der Waals surface area contributed by atoms with Crippen LogP contribution in [0.3, 0.4) is 0 Å². The highest BCUT2D eigenvalue weighted by Crippen LogP contribution is 2.32. The summed E-state index contributed by atoms with van der Waals surface area (Å²) in [6, 6.07) is 7.10. The fourth-order valence-electron chi connectivity index (χ4n) is 1.90. The Hall–Kier alpha value is -2.42. The fraction of sp³-hybridized carbons (Fsp3) is 0.385. The number of hydrogen-bond donors (Lipinski definition) is 0. The number of benzene rings is 1. The van der Waals surface area contributed by atoms with Gasteiger partial charge in [-0.25, -0.2) is 4.79 Å². The van der Waals surface area contributed by atoms with E-state index in [-0.39, 0.29) is 0 Å². The lowest BCUT2D eigenvalue weighted by atomic mass is 10.2. The van der Waals surface area contributed by atoms with E-state index in [0.29, 0.717) is 30.2 Å². The molecule has 19 heavy (non-hydrogen) atoms. The molecule has 0 radical (unpaired) electrons. The average molecular weight is 262 g/mol. The second-order valence-electron chi connectivity index (χ2n) is 3.98. The van der Waals surface area contributed by atoms with Gasteiger partial charge in [-0.05, 0) is 12.1 Å². The second kappa shape index (κ2) is 5.48. The molecule has 0 bridgehead atoms. The number of anilines is 1. The number of nitrogens with zero attached hydrogens (tertiary/aromatic N) is 2. The van der Waals surface area contributed by atoms with Crippen LogP contribution < -0.4 is 14.4 Å². The zero-order chi connectivity index (χ0) is 13.8. The van der Waals surface area contributed by atoms with Crippen molar-refractivity contribution in [1.82, 2.24) is 0 Å². The summed E-state index contributed by atoms with van der Waals surface area (Å²) in [6.07, 6.45) is -0.703. The van der Waals surface area contributed by atoms with E-state index in [1.165, 1.54) is 12.0 Å². The van der Waals surface area contributed by atoms with Gasteiger partial charge in [-0.3, -0.25) is 4.90 Å². The van der Waals surface area contributed by atoms with Crippen LogP contribution in [0.25, 0.3) is 0 Å². The van der Waals surface area contributed by atoms with Gasteiger partial charge in [-0.2, -0.15) is 5.26 Å². The van der Waals surface area contributed by atoms with E-state index in [1.54, 1.807) is 25.3 Å². The normalized spacial score (nSPS) is 18.5. The Morgan fingerprint density at radius 2 is 2.11 bits per heavy atom. The van der Waals surface area contributed by atoms with Crippen molar-refractivity contribution in [3.8, 4) is 17.6 Å². The zero-order valence-corrected chi connectivity index (χ0v) is 10.8. The molecule has 1 amide bonds. The first kappa shape index (κ1) is 13.0. The largest absolute Gasteiger partial charge is 0.493 e. The van der Waals surface area contributed by atoms with Crippen LogP contribution in [0.15, 0.2) is 18.2 Å². The molecule has 0 aromatic heterocycles. The molecule has 6 heteroatoms. The van der Waals surface area contributed by atoms with Crippen molar-refractivity contribution < 1.29 is 19.0 Å². The summed E-state index contributed by atoms with van der Waals surface area (Å²) in [5.74, 6) is 1.13. The fourth-order valence-corrected chi connectivity index (χ4v) is 1.90. The molecule has 1 aromatic carbocycles. The minimum Gasteiger partial charge on any atom is -0.493 e. The molecule has 2 rings (SSSR count). The van der Waals surface area contributed by atoms with Gasteiger partial charge >= 0.3 is 6.09 Å². The molecule has 1 aliphatic rings. The summed E-state index contributed by atoms with van der Waals surface area (Å²) in [5.41, 5.74) is 0.652. The quantitative estimate of drug-likeness (QED) is 0.832. The maximum atomic E-state index is 11.8. The third-order valence-electron chi connectivity index (χ3n) is 2.90. The molecule has 0 aliphatic carbocycles. The predicted octanol–water partition coefficient (Wildman–Crippen LogP) is 1.94. The molecule has 0 N–H and O–H groups in total. The van der Waals surface area contributed by atoms with Crippen LogP contribution in [-0.4, -0.2) is 33.0 Å². The Morgan fingerprint density at radius 3 is 2.68 bits per heavy atom. The van der Waals surface area contributed by atoms with Crippen molar-refractivity contribution in [2.24, 2.45) is 0 Å². The predicted molar refractivity (Wildman–Crippen MR) is 67.4 cm³/mol. The van der Waals surface area contributed by atoms with Gasteiger partial charge in [0.1, 0.15) is 6.07 Å². The van der Waals surface area contributed by atoms with Gasteiger partial charge < -0.3 is 14.2 Å². The number of carbonyl (C=O) groups excluding carboxylic acids is 1. The number of cyclic esters (lactones) is 1. The molecule has 1 unspecified atom stereocenters. The summed E-state index contributed by atoms with van der Waals surface area (Å²) in [7, 11) is 3.08. The van der Waals surface area contributed by atoms with Crippen LogP contribution >= 0.6 is 0 Å². The van der Waals surface area contributed by atoms with Gasteiger partial charge in [0.2, 0.25) is 0 Å². The van der Waals surface area contributed by atoms with Gasteiger partial charge in [0.05, 0.1) is 19.9 Å². The highest BCUT2D eigenvalue weighted by atomic mass is 16.6. The van der Waals surface area contributed by atoms with Crippen molar-refractivity contribution >= 4 is 11.8 Å². The van der Waals surface area contributed by atoms with Crippen molar-refractivity contribution in [1.29, 1.82) is 5.26 Å². The van der Waals surface area contributed by atoms with Gasteiger partial charge in [-0.1, -0.05) is 0 Å². The highest BCUT2D eigenvalue weighted by molar-refractivity contribution is 5.89. The number of hydrogen-bond acceptors (Lipinski definition) is 5. The lowest BCUT2D eigenvalue weighted by Gasteiger charge is -2.29. The molecule has 1 heterocycles. The Labute approximate surface area is 111 Å². The molecule has 1 aromatic rings. The molecular weight excluding hydrogens is 248 g/mol. The van der Waals surface area contributed by atoms with Crippen molar-refractivity contribution in [2.75, 3.05) is 25.7 Å². The van der Waals surface area contributed by atoms with Crippen LogP contribution in [0.5, 0.6) is 11.5 Å². The zero-order valence-electron chi connectivity index (χ0n) is 10.8. The third-order valence-corrected chi connectivity index (χ3v) is 2.90. The molecule has 1 fully saturated rings. The molecular formula is C13H14N2O4. The summed E-state index contributed by atoms with van der Waals surface area (Å²) < 4.78 is 15.3. The number of nitriles is 1. The molecule has 0 saturated carbocycles. The average Bonchev–Trinajstić information content (AvgIpc) is 2.46. The summed E-state index contributed by atoms with van der Waals surface area (Å²) in [6.45, 7) is 0.437. The van der Waals surface area contributed by atoms with Crippen LogP contribution in [0.1, 0.15) is 6.42 Å². The van der Waals surface area contributed by atoms with Crippen LogP contribution in [-0.2, 0) is 4.74 Å². The Morgan fingerprint density at radius 1 is 1.37 bits per heavy atom. The van der Waals surface area contributed by atoms with E-state index in [2.05, 4.69) is 0 Å². The highest BCUT2D eigenvalue weighted by Gasteiger charge is 2.28. The van der Waals surface area contributed by atoms with Gasteiger partial charge in [0.25, 0.3) is 0 Å². The first-order valence-corrected chi connectivity index (χ1v) is 5.79. The van der Waals surface area contributed by atoms with E-state index < -0.39 is 12.2 Å². The van der Waals surface area contributed by atoms with Gasteiger partial charge in [-0.15, -0.1) is 0 Å². The SMILES string of the molecule is COc1ccc(N2CCC(C#N)OC2=O)cc1OC. The first-order valence-electron chi connectivity index (χ1n) is 5.79. The molecule has 100 valence electrons. The number of amides is 1. The minimum absolute atomic E-state index is 0.437. The Kier molecular flexibility index (Phi) is 3.76.